The molecule has 1 heterocycles. The first-order valence-electron chi connectivity index (χ1n) is 7.85. The Balaban J connectivity index is 1.44. The summed E-state index contributed by atoms with van der Waals surface area (Å²) in [7, 11) is 0. The van der Waals surface area contributed by atoms with Gasteiger partial charge in [0.05, 0.1) is 6.54 Å². The minimum atomic E-state index is -0.276. The van der Waals surface area contributed by atoms with Gasteiger partial charge in [0, 0.05) is 17.1 Å². The summed E-state index contributed by atoms with van der Waals surface area (Å²) in [6.45, 7) is 0.716. The van der Waals surface area contributed by atoms with Crippen LogP contribution in [0, 0.1) is 0 Å². The Morgan fingerprint density at radius 2 is 1.80 bits per heavy atom. The second kappa shape index (κ2) is 8.30. The van der Waals surface area contributed by atoms with Crippen LogP contribution in [0.15, 0.2) is 59.1 Å². The standard InChI is InChI=1S/C18H17ClN4O2/c19-15-8-6-14(7-9-15)17-22-16(25-23-17)12-21-18(24)20-11-10-13-4-2-1-3-5-13/h1-9H,10-12H2,(H2,20,21,24). The molecule has 0 aliphatic rings. The second-order valence-corrected chi connectivity index (χ2v) is 5.80. The molecular weight excluding hydrogens is 340 g/mol. The van der Waals surface area contributed by atoms with E-state index in [1.807, 2.05) is 30.3 Å². The van der Waals surface area contributed by atoms with Gasteiger partial charge in [-0.25, -0.2) is 4.79 Å². The SMILES string of the molecule is O=C(NCCc1ccccc1)NCc1nc(-c2ccc(Cl)cc2)no1. The Bertz CT molecular complexity index is 819. The molecule has 2 aromatic carbocycles. The number of hydrogen-bond donors (Lipinski definition) is 2. The molecule has 0 saturated carbocycles. The number of rotatable bonds is 6. The van der Waals surface area contributed by atoms with Crippen molar-refractivity contribution < 1.29 is 9.32 Å². The second-order valence-electron chi connectivity index (χ2n) is 5.36. The zero-order valence-corrected chi connectivity index (χ0v) is 14.2. The van der Waals surface area contributed by atoms with Crippen LogP contribution in [0.25, 0.3) is 11.4 Å². The van der Waals surface area contributed by atoms with Crippen molar-refractivity contribution in [3.05, 3.63) is 71.1 Å². The van der Waals surface area contributed by atoms with E-state index in [2.05, 4.69) is 20.8 Å². The average Bonchev–Trinajstić information content (AvgIpc) is 3.10. The van der Waals surface area contributed by atoms with E-state index in [1.54, 1.807) is 24.3 Å². The molecule has 0 atom stereocenters. The molecule has 0 bridgehead atoms. The van der Waals surface area contributed by atoms with E-state index < -0.39 is 0 Å². The third-order valence-electron chi connectivity index (χ3n) is 3.51. The monoisotopic (exact) mass is 356 g/mol. The van der Waals surface area contributed by atoms with Gasteiger partial charge in [0.2, 0.25) is 11.7 Å². The maximum Gasteiger partial charge on any atom is 0.315 e. The number of carbonyl (C=O) groups is 1. The van der Waals surface area contributed by atoms with Gasteiger partial charge in [-0.15, -0.1) is 0 Å². The number of benzene rings is 2. The fourth-order valence-electron chi connectivity index (χ4n) is 2.23. The van der Waals surface area contributed by atoms with E-state index in [1.165, 1.54) is 5.56 Å². The minimum Gasteiger partial charge on any atom is -0.338 e. The van der Waals surface area contributed by atoms with Gasteiger partial charge in [0.15, 0.2) is 0 Å². The molecule has 0 fully saturated rings. The molecular formula is C18H17ClN4O2. The zero-order chi connectivity index (χ0) is 17.5. The predicted octanol–water partition coefficient (Wildman–Crippen LogP) is 3.43. The normalized spacial score (nSPS) is 10.4. The van der Waals surface area contributed by atoms with E-state index in [0.29, 0.717) is 23.3 Å². The van der Waals surface area contributed by atoms with E-state index in [4.69, 9.17) is 16.1 Å². The van der Waals surface area contributed by atoms with Crippen LogP contribution in [0.3, 0.4) is 0 Å². The van der Waals surface area contributed by atoms with Gasteiger partial charge in [0.25, 0.3) is 0 Å². The first-order chi connectivity index (χ1) is 12.2. The van der Waals surface area contributed by atoms with Crippen LogP contribution < -0.4 is 10.6 Å². The molecule has 6 nitrogen and oxygen atoms in total. The highest BCUT2D eigenvalue weighted by Crippen LogP contribution is 2.18. The minimum absolute atomic E-state index is 0.164. The number of hydrogen-bond acceptors (Lipinski definition) is 4. The number of nitrogens with zero attached hydrogens (tertiary/aromatic N) is 2. The van der Waals surface area contributed by atoms with Crippen LogP contribution in [-0.2, 0) is 13.0 Å². The molecule has 0 aliphatic carbocycles. The van der Waals surface area contributed by atoms with Crippen LogP contribution in [0.1, 0.15) is 11.5 Å². The summed E-state index contributed by atoms with van der Waals surface area (Å²) in [4.78, 5) is 16.0. The molecule has 2 amide bonds. The van der Waals surface area contributed by atoms with E-state index in [9.17, 15) is 4.79 Å². The Hall–Kier alpha value is -2.86. The molecule has 128 valence electrons. The molecule has 0 spiro atoms. The van der Waals surface area contributed by atoms with Crippen molar-refractivity contribution in [1.29, 1.82) is 0 Å². The van der Waals surface area contributed by atoms with E-state index in [0.717, 1.165) is 12.0 Å². The molecule has 25 heavy (non-hydrogen) atoms. The Labute approximate surface area is 150 Å². The van der Waals surface area contributed by atoms with Gasteiger partial charge in [-0.05, 0) is 36.2 Å². The molecule has 2 N–H and O–H groups in total. The largest absolute Gasteiger partial charge is 0.338 e. The average molecular weight is 357 g/mol. The van der Waals surface area contributed by atoms with Crippen molar-refractivity contribution in [2.24, 2.45) is 0 Å². The maximum absolute atomic E-state index is 11.8. The van der Waals surface area contributed by atoms with Gasteiger partial charge < -0.3 is 15.2 Å². The highest BCUT2D eigenvalue weighted by molar-refractivity contribution is 6.30. The molecule has 3 rings (SSSR count). The number of carbonyl (C=O) groups excluding carboxylic acids is 1. The lowest BCUT2D eigenvalue weighted by Crippen LogP contribution is -2.36. The Kier molecular flexibility index (Phi) is 5.64. The molecule has 0 aliphatic heterocycles. The van der Waals surface area contributed by atoms with Gasteiger partial charge >= 0.3 is 6.03 Å². The van der Waals surface area contributed by atoms with Crippen LogP contribution >= 0.6 is 11.6 Å². The van der Waals surface area contributed by atoms with Gasteiger partial charge in [-0.3, -0.25) is 0 Å². The molecule has 7 heteroatoms. The lowest BCUT2D eigenvalue weighted by molar-refractivity contribution is 0.238. The Morgan fingerprint density at radius 1 is 1.04 bits per heavy atom. The fourth-order valence-corrected chi connectivity index (χ4v) is 2.35. The molecule has 0 radical (unpaired) electrons. The van der Waals surface area contributed by atoms with Crippen molar-refractivity contribution in [3.8, 4) is 11.4 Å². The first-order valence-corrected chi connectivity index (χ1v) is 8.22. The van der Waals surface area contributed by atoms with Gasteiger partial charge in [-0.1, -0.05) is 47.1 Å². The third kappa shape index (κ3) is 5.06. The number of halogens is 1. The number of nitrogens with one attached hydrogen (secondary N) is 2. The predicted molar refractivity (Wildman–Crippen MR) is 95.1 cm³/mol. The molecule has 1 aromatic heterocycles. The fraction of sp³-hybridized carbons (Fsp3) is 0.167. The van der Waals surface area contributed by atoms with Crippen molar-refractivity contribution in [2.75, 3.05) is 6.54 Å². The molecule has 3 aromatic rings. The molecule has 0 unspecified atom stereocenters. The molecule has 0 saturated heterocycles. The quantitative estimate of drug-likeness (QED) is 0.709. The summed E-state index contributed by atoms with van der Waals surface area (Å²) in [5, 5.41) is 10.0. The lowest BCUT2D eigenvalue weighted by Gasteiger charge is -2.05. The summed E-state index contributed by atoms with van der Waals surface area (Å²) < 4.78 is 5.14. The van der Waals surface area contributed by atoms with Crippen LogP contribution in [0.5, 0.6) is 0 Å². The van der Waals surface area contributed by atoms with Gasteiger partial charge in [0.1, 0.15) is 0 Å². The van der Waals surface area contributed by atoms with Crippen LogP contribution in [0.4, 0.5) is 4.79 Å². The first kappa shape index (κ1) is 17.0. The summed E-state index contributed by atoms with van der Waals surface area (Å²) in [6.07, 6.45) is 0.773. The van der Waals surface area contributed by atoms with Crippen LogP contribution in [-0.4, -0.2) is 22.7 Å². The summed E-state index contributed by atoms with van der Waals surface area (Å²) in [6, 6.07) is 16.8. The van der Waals surface area contributed by atoms with Crippen molar-refractivity contribution in [1.82, 2.24) is 20.8 Å². The number of aromatic nitrogens is 2. The third-order valence-corrected chi connectivity index (χ3v) is 3.76. The topological polar surface area (TPSA) is 80.0 Å². The smallest absolute Gasteiger partial charge is 0.315 e. The van der Waals surface area contributed by atoms with Gasteiger partial charge in [-0.2, -0.15) is 4.98 Å². The number of urea groups is 1. The summed E-state index contributed by atoms with van der Waals surface area (Å²) in [5.74, 6) is 0.793. The van der Waals surface area contributed by atoms with Crippen molar-refractivity contribution in [3.63, 3.8) is 0 Å². The zero-order valence-electron chi connectivity index (χ0n) is 13.4. The summed E-state index contributed by atoms with van der Waals surface area (Å²) in [5.41, 5.74) is 1.97. The van der Waals surface area contributed by atoms with Crippen molar-refractivity contribution >= 4 is 17.6 Å². The number of amides is 2. The lowest BCUT2D eigenvalue weighted by atomic mass is 10.1. The van der Waals surface area contributed by atoms with Crippen molar-refractivity contribution in [2.45, 2.75) is 13.0 Å². The Morgan fingerprint density at radius 3 is 2.56 bits per heavy atom. The van der Waals surface area contributed by atoms with E-state index in [-0.39, 0.29) is 12.6 Å². The highest BCUT2D eigenvalue weighted by atomic mass is 35.5. The van der Waals surface area contributed by atoms with Crippen LogP contribution in [0.2, 0.25) is 5.02 Å². The maximum atomic E-state index is 11.8. The van der Waals surface area contributed by atoms with E-state index >= 15 is 0 Å². The highest BCUT2D eigenvalue weighted by Gasteiger charge is 2.09. The summed E-state index contributed by atoms with van der Waals surface area (Å²) >= 11 is 5.85.